The SMILES string of the molecule is Cc1ccc(CN(C(=O)CN(c2cccc(Cl)c2C)S(C)(=O)=O)[C@H](Cc2ccccc2)C(=O)NC2CCCCC2)cc1. The lowest BCUT2D eigenvalue weighted by Gasteiger charge is -2.35. The zero-order chi connectivity index (χ0) is 30.3. The van der Waals surface area contributed by atoms with Crippen molar-refractivity contribution in [2.45, 2.75) is 71.0 Å². The molecular weight excluding hydrogens is 570 g/mol. The van der Waals surface area contributed by atoms with Gasteiger partial charge >= 0.3 is 0 Å². The average molecular weight is 610 g/mol. The van der Waals surface area contributed by atoms with Crippen molar-refractivity contribution in [3.8, 4) is 0 Å². The zero-order valence-electron chi connectivity index (χ0n) is 24.6. The number of benzene rings is 3. The summed E-state index contributed by atoms with van der Waals surface area (Å²) < 4.78 is 27.2. The minimum absolute atomic E-state index is 0.0579. The Labute approximate surface area is 254 Å². The van der Waals surface area contributed by atoms with Gasteiger partial charge in [-0.15, -0.1) is 0 Å². The van der Waals surface area contributed by atoms with Gasteiger partial charge in [-0.2, -0.15) is 0 Å². The van der Waals surface area contributed by atoms with Crippen LogP contribution in [-0.2, 0) is 32.6 Å². The third-order valence-electron chi connectivity index (χ3n) is 7.88. The third kappa shape index (κ3) is 8.35. The Morgan fingerprint density at radius 2 is 1.57 bits per heavy atom. The molecule has 0 spiro atoms. The van der Waals surface area contributed by atoms with E-state index in [0.29, 0.717) is 22.7 Å². The molecule has 0 aliphatic heterocycles. The molecule has 0 bridgehead atoms. The number of nitrogens with zero attached hydrogens (tertiary/aromatic N) is 2. The predicted octanol–water partition coefficient (Wildman–Crippen LogP) is 5.81. The molecule has 0 aromatic heterocycles. The normalized spacial score (nSPS) is 14.7. The first kappa shape index (κ1) is 31.6. The first-order valence-corrected chi connectivity index (χ1v) is 16.7. The summed E-state index contributed by atoms with van der Waals surface area (Å²) in [5, 5.41) is 3.62. The molecule has 1 atom stereocenters. The lowest BCUT2D eigenvalue weighted by molar-refractivity contribution is -0.140. The summed E-state index contributed by atoms with van der Waals surface area (Å²) in [6.45, 7) is 3.40. The maximum absolute atomic E-state index is 14.3. The molecule has 3 aromatic rings. The summed E-state index contributed by atoms with van der Waals surface area (Å²) in [5.41, 5.74) is 3.72. The lowest BCUT2D eigenvalue weighted by Crippen LogP contribution is -2.55. The molecule has 42 heavy (non-hydrogen) atoms. The van der Waals surface area contributed by atoms with Crippen molar-refractivity contribution in [2.75, 3.05) is 17.1 Å². The fourth-order valence-corrected chi connectivity index (χ4v) is 6.52. The molecule has 1 aliphatic carbocycles. The number of rotatable bonds is 11. The zero-order valence-corrected chi connectivity index (χ0v) is 26.1. The highest BCUT2D eigenvalue weighted by atomic mass is 35.5. The smallest absolute Gasteiger partial charge is 0.244 e. The maximum Gasteiger partial charge on any atom is 0.244 e. The summed E-state index contributed by atoms with van der Waals surface area (Å²) in [4.78, 5) is 29.8. The second-order valence-corrected chi connectivity index (χ2v) is 13.5. The van der Waals surface area contributed by atoms with E-state index < -0.39 is 28.5 Å². The summed E-state index contributed by atoms with van der Waals surface area (Å²) in [6.07, 6.45) is 6.46. The van der Waals surface area contributed by atoms with Gasteiger partial charge in [0.15, 0.2) is 0 Å². The van der Waals surface area contributed by atoms with Crippen molar-refractivity contribution >= 4 is 39.1 Å². The second-order valence-electron chi connectivity index (χ2n) is 11.2. The Bertz CT molecular complexity index is 1470. The molecule has 2 amide bonds. The van der Waals surface area contributed by atoms with Crippen LogP contribution >= 0.6 is 11.6 Å². The van der Waals surface area contributed by atoms with E-state index in [1.807, 2.05) is 61.5 Å². The minimum Gasteiger partial charge on any atom is -0.352 e. The Morgan fingerprint density at radius 3 is 2.21 bits per heavy atom. The fraction of sp³-hybridized carbons (Fsp3) is 0.394. The molecule has 0 unspecified atom stereocenters. The second kappa shape index (κ2) is 14.2. The molecule has 0 saturated heterocycles. The quantitative estimate of drug-likeness (QED) is 0.297. The largest absolute Gasteiger partial charge is 0.352 e. The molecule has 224 valence electrons. The number of amides is 2. The fourth-order valence-electron chi connectivity index (χ4n) is 5.45. The van der Waals surface area contributed by atoms with Crippen molar-refractivity contribution in [1.29, 1.82) is 0 Å². The van der Waals surface area contributed by atoms with Crippen LogP contribution in [-0.4, -0.2) is 50.0 Å². The van der Waals surface area contributed by atoms with Crippen molar-refractivity contribution in [2.24, 2.45) is 0 Å². The van der Waals surface area contributed by atoms with E-state index in [0.717, 1.165) is 59.4 Å². The van der Waals surface area contributed by atoms with Gasteiger partial charge in [-0.3, -0.25) is 13.9 Å². The molecule has 0 heterocycles. The molecule has 9 heteroatoms. The van der Waals surface area contributed by atoms with Crippen LogP contribution in [0.15, 0.2) is 72.8 Å². The van der Waals surface area contributed by atoms with Crippen LogP contribution in [0, 0.1) is 13.8 Å². The van der Waals surface area contributed by atoms with Gasteiger partial charge in [0.05, 0.1) is 11.9 Å². The van der Waals surface area contributed by atoms with Crippen molar-refractivity contribution < 1.29 is 18.0 Å². The minimum atomic E-state index is -3.87. The number of aryl methyl sites for hydroxylation is 1. The third-order valence-corrected chi connectivity index (χ3v) is 9.42. The molecule has 0 radical (unpaired) electrons. The lowest BCUT2D eigenvalue weighted by atomic mass is 9.94. The van der Waals surface area contributed by atoms with E-state index in [9.17, 15) is 18.0 Å². The van der Waals surface area contributed by atoms with Gasteiger partial charge in [-0.25, -0.2) is 8.42 Å². The van der Waals surface area contributed by atoms with Crippen LogP contribution in [0.1, 0.15) is 54.4 Å². The van der Waals surface area contributed by atoms with Crippen LogP contribution in [0.3, 0.4) is 0 Å². The van der Waals surface area contributed by atoms with Gasteiger partial charge in [-0.05, 0) is 55.5 Å². The highest BCUT2D eigenvalue weighted by molar-refractivity contribution is 7.92. The molecule has 4 rings (SSSR count). The molecule has 1 aliphatic rings. The number of nitrogens with one attached hydrogen (secondary N) is 1. The van der Waals surface area contributed by atoms with Crippen LogP contribution in [0.4, 0.5) is 5.69 Å². The molecule has 1 saturated carbocycles. The molecular formula is C33H40ClN3O4S. The van der Waals surface area contributed by atoms with Crippen LogP contribution in [0.25, 0.3) is 0 Å². The van der Waals surface area contributed by atoms with Gasteiger partial charge in [0.25, 0.3) is 0 Å². The number of carbonyl (C=O) groups excluding carboxylic acids is 2. The molecule has 3 aromatic carbocycles. The average Bonchev–Trinajstić information content (AvgIpc) is 2.96. The van der Waals surface area contributed by atoms with Gasteiger partial charge in [0.1, 0.15) is 12.6 Å². The first-order valence-electron chi connectivity index (χ1n) is 14.4. The van der Waals surface area contributed by atoms with E-state index >= 15 is 0 Å². The van der Waals surface area contributed by atoms with Crippen LogP contribution < -0.4 is 9.62 Å². The molecule has 1 fully saturated rings. The summed E-state index contributed by atoms with van der Waals surface area (Å²) >= 11 is 6.33. The Balaban J connectivity index is 1.73. The van der Waals surface area contributed by atoms with Gasteiger partial charge in [0.2, 0.25) is 21.8 Å². The van der Waals surface area contributed by atoms with Crippen LogP contribution in [0.5, 0.6) is 0 Å². The summed E-state index contributed by atoms with van der Waals surface area (Å²) in [5.74, 6) is -0.698. The Morgan fingerprint density at radius 1 is 0.905 bits per heavy atom. The van der Waals surface area contributed by atoms with E-state index in [-0.39, 0.29) is 18.5 Å². The summed E-state index contributed by atoms with van der Waals surface area (Å²) in [7, 11) is -3.87. The Hall–Kier alpha value is -3.36. The van der Waals surface area contributed by atoms with E-state index in [4.69, 9.17) is 11.6 Å². The van der Waals surface area contributed by atoms with Crippen molar-refractivity contribution in [1.82, 2.24) is 10.2 Å². The Kier molecular flexibility index (Phi) is 10.7. The molecule has 7 nitrogen and oxygen atoms in total. The monoisotopic (exact) mass is 609 g/mol. The van der Waals surface area contributed by atoms with E-state index in [1.165, 1.54) is 4.90 Å². The van der Waals surface area contributed by atoms with E-state index in [2.05, 4.69) is 5.32 Å². The summed E-state index contributed by atoms with van der Waals surface area (Å²) in [6, 6.07) is 21.6. The molecule has 1 N–H and O–H groups in total. The number of sulfonamides is 1. The van der Waals surface area contributed by atoms with Gasteiger partial charge in [-0.1, -0.05) is 97.1 Å². The number of hydrogen-bond donors (Lipinski definition) is 1. The predicted molar refractivity (Wildman–Crippen MR) is 169 cm³/mol. The van der Waals surface area contributed by atoms with Crippen molar-refractivity contribution in [3.05, 3.63) is 100 Å². The van der Waals surface area contributed by atoms with E-state index in [1.54, 1.807) is 25.1 Å². The van der Waals surface area contributed by atoms with Crippen LogP contribution in [0.2, 0.25) is 5.02 Å². The van der Waals surface area contributed by atoms with Gasteiger partial charge in [0, 0.05) is 24.0 Å². The number of anilines is 1. The number of halogens is 1. The highest BCUT2D eigenvalue weighted by Crippen LogP contribution is 2.29. The standard InChI is InChI=1S/C33H40ClN3O4S/c1-24-17-19-27(20-18-24)22-36(32(38)23-37(42(3,40)41)30-16-10-15-29(34)25(30)2)31(21-26-11-6-4-7-12-26)33(39)35-28-13-8-5-9-14-28/h4,6-7,10-12,15-20,28,31H,5,8-9,13-14,21-23H2,1-3H3,(H,35,39)/t31-/m1/s1. The van der Waals surface area contributed by atoms with Gasteiger partial charge < -0.3 is 10.2 Å². The number of carbonyl (C=O) groups is 2. The first-order chi connectivity index (χ1) is 20.0. The topological polar surface area (TPSA) is 86.8 Å². The highest BCUT2D eigenvalue weighted by Gasteiger charge is 2.34. The van der Waals surface area contributed by atoms with Crippen molar-refractivity contribution in [3.63, 3.8) is 0 Å². The number of hydrogen-bond acceptors (Lipinski definition) is 4. The maximum atomic E-state index is 14.3.